The van der Waals surface area contributed by atoms with Crippen LogP contribution in [0.4, 0.5) is 0 Å². The molecule has 1 heteroatoms. The molecule has 12 heavy (non-hydrogen) atoms. The summed E-state index contributed by atoms with van der Waals surface area (Å²) in [5.41, 5.74) is 2.75. The molecule has 0 atom stereocenters. The van der Waals surface area contributed by atoms with Gasteiger partial charge in [0.1, 0.15) is 0 Å². The van der Waals surface area contributed by atoms with Crippen molar-refractivity contribution in [2.45, 2.75) is 6.54 Å². The van der Waals surface area contributed by atoms with Gasteiger partial charge in [-0.15, -0.1) is 0 Å². The first-order valence-corrected chi connectivity index (χ1v) is 4.27. The Kier molecular flexibility index (Phi) is 1.96. The minimum Gasteiger partial charge on any atom is -0.291 e. The first kappa shape index (κ1) is 7.56. The average molecular weight is 159 g/mol. The standard InChI is InChI=1S/C11H13N/c1-10-7-12(8-10)9-11-5-3-2-4-6-11/h2-6H,1,7-9H2. The van der Waals surface area contributed by atoms with Crippen LogP contribution in [-0.2, 0) is 6.54 Å². The Morgan fingerprint density at radius 1 is 1.17 bits per heavy atom. The van der Waals surface area contributed by atoms with Gasteiger partial charge in [-0.2, -0.15) is 0 Å². The first-order chi connectivity index (χ1) is 5.84. The van der Waals surface area contributed by atoms with E-state index in [1.807, 2.05) is 0 Å². The fourth-order valence-electron chi connectivity index (χ4n) is 1.54. The molecule has 1 nitrogen and oxygen atoms in total. The lowest BCUT2D eigenvalue weighted by molar-refractivity contribution is 0.242. The quantitative estimate of drug-likeness (QED) is 0.597. The maximum atomic E-state index is 3.91. The van der Waals surface area contributed by atoms with Crippen LogP contribution in [0.25, 0.3) is 0 Å². The van der Waals surface area contributed by atoms with Gasteiger partial charge < -0.3 is 0 Å². The first-order valence-electron chi connectivity index (χ1n) is 4.27. The molecule has 0 aliphatic carbocycles. The fourth-order valence-corrected chi connectivity index (χ4v) is 1.54. The van der Waals surface area contributed by atoms with Crippen LogP contribution in [0.3, 0.4) is 0 Å². The van der Waals surface area contributed by atoms with Crippen molar-refractivity contribution in [2.24, 2.45) is 0 Å². The summed E-state index contributed by atoms with van der Waals surface area (Å²) < 4.78 is 0. The molecule has 0 spiro atoms. The summed E-state index contributed by atoms with van der Waals surface area (Å²) in [6, 6.07) is 10.6. The fraction of sp³-hybridized carbons (Fsp3) is 0.273. The Hall–Kier alpha value is -1.08. The average Bonchev–Trinajstić information content (AvgIpc) is 2.04. The molecular formula is C11H13N. The normalized spacial score (nSPS) is 17.5. The summed E-state index contributed by atoms with van der Waals surface area (Å²) in [5.74, 6) is 0. The molecule has 1 aromatic carbocycles. The van der Waals surface area contributed by atoms with Crippen LogP contribution in [0.2, 0.25) is 0 Å². The molecule has 0 amide bonds. The summed E-state index contributed by atoms with van der Waals surface area (Å²) in [6.45, 7) is 7.14. The summed E-state index contributed by atoms with van der Waals surface area (Å²) in [5, 5.41) is 0. The molecule has 0 radical (unpaired) electrons. The minimum atomic E-state index is 1.07. The molecule has 1 fully saturated rings. The van der Waals surface area contributed by atoms with Gasteiger partial charge in [0.25, 0.3) is 0 Å². The summed E-state index contributed by atoms with van der Waals surface area (Å²) in [6.07, 6.45) is 0. The van der Waals surface area contributed by atoms with Gasteiger partial charge in [-0.3, -0.25) is 4.90 Å². The Balaban J connectivity index is 1.92. The predicted octanol–water partition coefficient (Wildman–Crippen LogP) is 2.06. The third kappa shape index (κ3) is 1.56. The van der Waals surface area contributed by atoms with Gasteiger partial charge in [-0.1, -0.05) is 36.9 Å². The number of hydrogen-bond donors (Lipinski definition) is 0. The van der Waals surface area contributed by atoms with Crippen LogP contribution in [0.15, 0.2) is 42.5 Å². The SMILES string of the molecule is C=C1CN(Cc2ccccc2)C1. The van der Waals surface area contributed by atoms with Crippen LogP contribution in [0.5, 0.6) is 0 Å². The van der Waals surface area contributed by atoms with Crippen molar-refractivity contribution in [2.75, 3.05) is 13.1 Å². The molecule has 0 saturated carbocycles. The summed E-state index contributed by atoms with van der Waals surface area (Å²) in [4.78, 5) is 2.39. The molecule has 2 rings (SSSR count). The molecule has 1 aliphatic rings. The Labute approximate surface area is 73.3 Å². The smallest absolute Gasteiger partial charge is 0.0240 e. The van der Waals surface area contributed by atoms with Crippen LogP contribution in [-0.4, -0.2) is 18.0 Å². The summed E-state index contributed by atoms with van der Waals surface area (Å²) in [7, 11) is 0. The van der Waals surface area contributed by atoms with Crippen molar-refractivity contribution in [3.05, 3.63) is 48.0 Å². The third-order valence-corrected chi connectivity index (χ3v) is 2.14. The zero-order valence-electron chi connectivity index (χ0n) is 7.16. The molecule has 0 N–H and O–H groups in total. The van der Waals surface area contributed by atoms with Crippen LogP contribution >= 0.6 is 0 Å². The van der Waals surface area contributed by atoms with E-state index in [2.05, 4.69) is 41.8 Å². The topological polar surface area (TPSA) is 3.24 Å². The van der Waals surface area contributed by atoms with E-state index in [0.29, 0.717) is 0 Å². The van der Waals surface area contributed by atoms with Gasteiger partial charge in [0, 0.05) is 19.6 Å². The number of likely N-dealkylation sites (tertiary alicyclic amines) is 1. The molecule has 0 unspecified atom stereocenters. The Bertz CT molecular complexity index is 268. The van der Waals surface area contributed by atoms with Crippen LogP contribution in [0.1, 0.15) is 5.56 Å². The van der Waals surface area contributed by atoms with Crippen molar-refractivity contribution in [3.63, 3.8) is 0 Å². The Morgan fingerprint density at radius 2 is 1.83 bits per heavy atom. The van der Waals surface area contributed by atoms with Gasteiger partial charge in [0.2, 0.25) is 0 Å². The molecule has 1 aliphatic heterocycles. The van der Waals surface area contributed by atoms with Gasteiger partial charge in [-0.25, -0.2) is 0 Å². The molecule has 0 aromatic heterocycles. The molecule has 1 heterocycles. The van der Waals surface area contributed by atoms with E-state index >= 15 is 0 Å². The second-order valence-corrected chi connectivity index (χ2v) is 3.38. The Morgan fingerprint density at radius 3 is 2.42 bits per heavy atom. The zero-order valence-corrected chi connectivity index (χ0v) is 7.16. The monoisotopic (exact) mass is 159 g/mol. The van der Waals surface area contributed by atoms with Crippen LogP contribution in [0, 0.1) is 0 Å². The van der Waals surface area contributed by atoms with Crippen molar-refractivity contribution in [3.8, 4) is 0 Å². The maximum Gasteiger partial charge on any atom is 0.0240 e. The number of hydrogen-bond acceptors (Lipinski definition) is 1. The second-order valence-electron chi connectivity index (χ2n) is 3.38. The van der Waals surface area contributed by atoms with E-state index in [4.69, 9.17) is 0 Å². The highest BCUT2D eigenvalue weighted by molar-refractivity contribution is 5.17. The highest BCUT2D eigenvalue weighted by Gasteiger charge is 2.17. The summed E-state index contributed by atoms with van der Waals surface area (Å²) >= 11 is 0. The van der Waals surface area contributed by atoms with Crippen molar-refractivity contribution in [1.29, 1.82) is 0 Å². The van der Waals surface area contributed by atoms with E-state index in [0.717, 1.165) is 19.6 Å². The third-order valence-electron chi connectivity index (χ3n) is 2.14. The van der Waals surface area contributed by atoms with Crippen molar-refractivity contribution < 1.29 is 0 Å². The van der Waals surface area contributed by atoms with E-state index in [1.165, 1.54) is 11.1 Å². The van der Waals surface area contributed by atoms with Gasteiger partial charge in [0.15, 0.2) is 0 Å². The maximum absolute atomic E-state index is 3.91. The lowest BCUT2D eigenvalue weighted by Crippen LogP contribution is -2.38. The molecule has 62 valence electrons. The highest BCUT2D eigenvalue weighted by Crippen LogP contribution is 2.15. The van der Waals surface area contributed by atoms with E-state index in [-0.39, 0.29) is 0 Å². The van der Waals surface area contributed by atoms with E-state index in [9.17, 15) is 0 Å². The van der Waals surface area contributed by atoms with Gasteiger partial charge in [-0.05, 0) is 11.1 Å². The highest BCUT2D eigenvalue weighted by atomic mass is 15.2. The predicted molar refractivity (Wildman–Crippen MR) is 50.9 cm³/mol. The van der Waals surface area contributed by atoms with Gasteiger partial charge in [0.05, 0.1) is 0 Å². The largest absolute Gasteiger partial charge is 0.291 e. The minimum absolute atomic E-state index is 1.07. The van der Waals surface area contributed by atoms with E-state index in [1.54, 1.807) is 0 Å². The molecule has 1 saturated heterocycles. The number of nitrogens with zero attached hydrogens (tertiary/aromatic N) is 1. The molecule has 1 aromatic rings. The van der Waals surface area contributed by atoms with E-state index < -0.39 is 0 Å². The molecule has 0 bridgehead atoms. The lowest BCUT2D eigenvalue weighted by atomic mass is 10.1. The second kappa shape index (κ2) is 3.11. The number of rotatable bonds is 2. The zero-order chi connectivity index (χ0) is 8.39. The van der Waals surface area contributed by atoms with Crippen molar-refractivity contribution >= 4 is 0 Å². The molecular weight excluding hydrogens is 146 g/mol. The van der Waals surface area contributed by atoms with Crippen LogP contribution < -0.4 is 0 Å². The van der Waals surface area contributed by atoms with Crippen molar-refractivity contribution in [1.82, 2.24) is 4.90 Å². The van der Waals surface area contributed by atoms with Gasteiger partial charge >= 0.3 is 0 Å². The lowest BCUT2D eigenvalue weighted by Gasteiger charge is -2.33. The number of benzene rings is 1.